The molecule has 2 atom stereocenters. The average molecular weight is 338 g/mol. The number of imidazole rings is 1. The molecule has 0 spiro atoms. The Hall–Kier alpha value is -2.14. The van der Waals surface area contributed by atoms with Crippen molar-refractivity contribution >= 4 is 5.91 Å². The number of hydrogen-bond donors (Lipinski definition) is 0. The van der Waals surface area contributed by atoms with Gasteiger partial charge in [0.15, 0.2) is 0 Å². The summed E-state index contributed by atoms with van der Waals surface area (Å²) >= 11 is 0. The highest BCUT2D eigenvalue weighted by Gasteiger charge is 2.42. The van der Waals surface area contributed by atoms with Gasteiger partial charge in [-0.1, -0.05) is 18.2 Å². The molecule has 4 rings (SSSR count). The SMILES string of the molecule is CN(C(=O)c1ccccc1)C1CC2CCC(C1)N2CCn1ccnc1. The third kappa shape index (κ3) is 3.33. The zero-order chi connectivity index (χ0) is 17.2. The molecule has 0 saturated carbocycles. The van der Waals surface area contributed by atoms with Gasteiger partial charge in [0, 0.05) is 56.2 Å². The van der Waals surface area contributed by atoms with Crippen LogP contribution in [0.15, 0.2) is 49.1 Å². The van der Waals surface area contributed by atoms with Gasteiger partial charge in [0.1, 0.15) is 0 Å². The first-order valence-corrected chi connectivity index (χ1v) is 9.26. The third-order valence-electron chi connectivity index (χ3n) is 5.92. The van der Waals surface area contributed by atoms with E-state index in [0.29, 0.717) is 18.1 Å². The lowest BCUT2D eigenvalue weighted by molar-refractivity contribution is 0.0492. The molecule has 1 aromatic carbocycles. The highest BCUT2D eigenvalue weighted by molar-refractivity contribution is 5.94. The van der Waals surface area contributed by atoms with Gasteiger partial charge in [0.05, 0.1) is 6.33 Å². The van der Waals surface area contributed by atoms with Crippen molar-refractivity contribution in [1.29, 1.82) is 0 Å². The van der Waals surface area contributed by atoms with Gasteiger partial charge in [-0.05, 0) is 37.8 Å². The van der Waals surface area contributed by atoms with Crippen LogP contribution >= 0.6 is 0 Å². The van der Waals surface area contributed by atoms with E-state index in [9.17, 15) is 4.79 Å². The number of rotatable bonds is 5. The van der Waals surface area contributed by atoms with Crippen molar-refractivity contribution in [2.24, 2.45) is 0 Å². The van der Waals surface area contributed by atoms with Gasteiger partial charge in [-0.3, -0.25) is 9.69 Å². The molecule has 2 bridgehead atoms. The zero-order valence-electron chi connectivity index (χ0n) is 14.8. The smallest absolute Gasteiger partial charge is 0.253 e. The van der Waals surface area contributed by atoms with E-state index in [1.165, 1.54) is 12.8 Å². The molecular formula is C20H26N4O. The van der Waals surface area contributed by atoms with Crippen LogP contribution in [0.3, 0.4) is 0 Å². The van der Waals surface area contributed by atoms with Gasteiger partial charge in [0.25, 0.3) is 5.91 Å². The molecule has 5 heteroatoms. The maximum atomic E-state index is 12.7. The van der Waals surface area contributed by atoms with Crippen molar-refractivity contribution in [3.05, 3.63) is 54.6 Å². The van der Waals surface area contributed by atoms with E-state index < -0.39 is 0 Å². The Balaban J connectivity index is 1.38. The first-order chi connectivity index (χ1) is 12.2. The van der Waals surface area contributed by atoms with E-state index in [1.54, 1.807) is 0 Å². The molecule has 2 unspecified atom stereocenters. The predicted octanol–water partition coefficient (Wildman–Crippen LogP) is 2.65. The van der Waals surface area contributed by atoms with Crippen molar-refractivity contribution in [2.45, 2.75) is 50.4 Å². The number of fused-ring (bicyclic) bond motifs is 2. The van der Waals surface area contributed by atoms with Crippen molar-refractivity contribution in [1.82, 2.24) is 19.4 Å². The van der Waals surface area contributed by atoms with E-state index in [0.717, 1.165) is 31.5 Å². The summed E-state index contributed by atoms with van der Waals surface area (Å²) in [7, 11) is 1.97. The van der Waals surface area contributed by atoms with Crippen LogP contribution in [0.1, 0.15) is 36.0 Å². The number of carbonyl (C=O) groups excluding carboxylic acids is 1. The molecule has 0 aliphatic carbocycles. The molecular weight excluding hydrogens is 312 g/mol. The minimum absolute atomic E-state index is 0.150. The Bertz CT molecular complexity index is 686. The number of carbonyl (C=O) groups is 1. The van der Waals surface area contributed by atoms with Crippen LogP contribution in [0.5, 0.6) is 0 Å². The third-order valence-corrected chi connectivity index (χ3v) is 5.92. The summed E-state index contributed by atoms with van der Waals surface area (Å²) in [4.78, 5) is 21.5. The first kappa shape index (κ1) is 16.3. The van der Waals surface area contributed by atoms with Crippen LogP contribution in [0.4, 0.5) is 0 Å². The molecule has 2 fully saturated rings. The molecule has 1 amide bonds. The second-order valence-corrected chi connectivity index (χ2v) is 7.33. The predicted molar refractivity (Wildman–Crippen MR) is 97.3 cm³/mol. The number of piperidine rings is 1. The van der Waals surface area contributed by atoms with Crippen LogP contribution in [0.2, 0.25) is 0 Å². The number of benzene rings is 1. The van der Waals surface area contributed by atoms with Crippen LogP contribution < -0.4 is 0 Å². The van der Waals surface area contributed by atoms with Crippen molar-refractivity contribution in [3.63, 3.8) is 0 Å². The second-order valence-electron chi connectivity index (χ2n) is 7.33. The molecule has 5 nitrogen and oxygen atoms in total. The first-order valence-electron chi connectivity index (χ1n) is 9.26. The molecule has 2 aromatic rings. The lowest BCUT2D eigenvalue weighted by Gasteiger charge is -2.42. The minimum Gasteiger partial charge on any atom is -0.339 e. The number of aromatic nitrogens is 2. The molecule has 132 valence electrons. The Morgan fingerprint density at radius 1 is 1.16 bits per heavy atom. The van der Waals surface area contributed by atoms with E-state index in [4.69, 9.17) is 0 Å². The van der Waals surface area contributed by atoms with Crippen molar-refractivity contribution < 1.29 is 4.79 Å². The fraction of sp³-hybridized carbons (Fsp3) is 0.500. The minimum atomic E-state index is 0.150. The summed E-state index contributed by atoms with van der Waals surface area (Å²) in [6, 6.07) is 11.2. The maximum absolute atomic E-state index is 12.7. The van der Waals surface area contributed by atoms with Crippen LogP contribution in [0, 0.1) is 0 Å². The summed E-state index contributed by atoms with van der Waals surface area (Å²) in [6.07, 6.45) is 10.5. The van der Waals surface area contributed by atoms with Gasteiger partial charge < -0.3 is 9.47 Å². The topological polar surface area (TPSA) is 41.4 Å². The number of hydrogen-bond acceptors (Lipinski definition) is 3. The summed E-state index contributed by atoms with van der Waals surface area (Å²) in [5.74, 6) is 0.150. The normalized spacial score (nSPS) is 25.9. The highest BCUT2D eigenvalue weighted by atomic mass is 16.2. The van der Waals surface area contributed by atoms with E-state index in [-0.39, 0.29) is 5.91 Å². The number of amides is 1. The fourth-order valence-corrected chi connectivity index (χ4v) is 4.53. The molecule has 25 heavy (non-hydrogen) atoms. The average Bonchev–Trinajstić information content (AvgIpc) is 3.24. The van der Waals surface area contributed by atoms with Gasteiger partial charge >= 0.3 is 0 Å². The Labute approximate surface area is 149 Å². The van der Waals surface area contributed by atoms with E-state index in [2.05, 4.69) is 14.5 Å². The van der Waals surface area contributed by atoms with Gasteiger partial charge in [-0.2, -0.15) is 0 Å². The molecule has 2 aliphatic rings. The molecule has 1 aromatic heterocycles. The maximum Gasteiger partial charge on any atom is 0.253 e. The monoisotopic (exact) mass is 338 g/mol. The van der Waals surface area contributed by atoms with Crippen LogP contribution in [-0.2, 0) is 6.54 Å². The van der Waals surface area contributed by atoms with E-state index in [1.807, 2.05) is 61.0 Å². The molecule has 0 N–H and O–H groups in total. The summed E-state index contributed by atoms with van der Waals surface area (Å²) in [6.45, 7) is 2.07. The zero-order valence-corrected chi connectivity index (χ0v) is 14.8. The highest BCUT2D eigenvalue weighted by Crippen LogP contribution is 2.37. The second kappa shape index (κ2) is 7.00. The Morgan fingerprint density at radius 3 is 2.52 bits per heavy atom. The lowest BCUT2D eigenvalue weighted by Crippen LogP contribution is -2.51. The van der Waals surface area contributed by atoms with Crippen LogP contribution in [-0.4, -0.2) is 57.0 Å². The van der Waals surface area contributed by atoms with Gasteiger partial charge in [-0.25, -0.2) is 4.98 Å². The molecule has 2 aliphatic heterocycles. The van der Waals surface area contributed by atoms with E-state index >= 15 is 0 Å². The molecule has 2 saturated heterocycles. The Kier molecular flexibility index (Phi) is 4.57. The number of nitrogens with zero attached hydrogens (tertiary/aromatic N) is 4. The summed E-state index contributed by atoms with van der Waals surface area (Å²) in [5.41, 5.74) is 0.792. The van der Waals surface area contributed by atoms with Gasteiger partial charge in [-0.15, -0.1) is 0 Å². The standard InChI is InChI=1S/C20H26N4O/c1-22(20(25)16-5-3-2-4-6-16)19-13-17-7-8-18(14-19)24(17)12-11-23-10-9-21-15-23/h2-6,9-10,15,17-19H,7-8,11-14H2,1H3. The largest absolute Gasteiger partial charge is 0.339 e. The van der Waals surface area contributed by atoms with Crippen LogP contribution in [0.25, 0.3) is 0 Å². The fourth-order valence-electron chi connectivity index (χ4n) is 4.53. The Morgan fingerprint density at radius 2 is 1.88 bits per heavy atom. The molecule has 0 radical (unpaired) electrons. The summed E-state index contributed by atoms with van der Waals surface area (Å²) < 4.78 is 2.15. The lowest BCUT2D eigenvalue weighted by atomic mass is 9.95. The summed E-state index contributed by atoms with van der Waals surface area (Å²) in [5, 5.41) is 0. The molecule has 3 heterocycles. The van der Waals surface area contributed by atoms with Crippen molar-refractivity contribution in [2.75, 3.05) is 13.6 Å². The quantitative estimate of drug-likeness (QED) is 0.842. The van der Waals surface area contributed by atoms with Crippen molar-refractivity contribution in [3.8, 4) is 0 Å². The van der Waals surface area contributed by atoms with Gasteiger partial charge in [0.2, 0.25) is 0 Å².